The smallest absolute Gasteiger partial charge is 0.222 e. The van der Waals surface area contributed by atoms with Crippen LogP contribution in [-0.2, 0) is 14.3 Å². The summed E-state index contributed by atoms with van der Waals surface area (Å²) in [6, 6.07) is 15.9. The van der Waals surface area contributed by atoms with Gasteiger partial charge in [0.15, 0.2) is 5.78 Å². The van der Waals surface area contributed by atoms with Crippen LogP contribution in [0.3, 0.4) is 0 Å². The van der Waals surface area contributed by atoms with Gasteiger partial charge >= 0.3 is 0 Å². The third-order valence-electron chi connectivity index (χ3n) is 8.05. The summed E-state index contributed by atoms with van der Waals surface area (Å²) in [5.41, 5.74) is 0.903. The van der Waals surface area contributed by atoms with Crippen LogP contribution in [0.1, 0.15) is 75.3 Å². The maximum Gasteiger partial charge on any atom is 0.222 e. The number of rotatable bonds is 4. The van der Waals surface area contributed by atoms with Crippen molar-refractivity contribution < 1.29 is 14.3 Å². The predicted molar refractivity (Wildman–Crippen MR) is 156 cm³/mol. The van der Waals surface area contributed by atoms with Crippen molar-refractivity contribution in [1.82, 2.24) is 0 Å². The SMILES string of the molecule is O=C(/C=C1/OC(c2ccc(Br)cc2)=NC12CCCCC2)/C=C1/OC(c2ccc(Br)cc2)=NC12CCCCC2. The number of allylic oxidation sites excluding steroid dienone is 2. The monoisotopic (exact) mass is 636 g/mol. The minimum Gasteiger partial charge on any atom is -0.440 e. The van der Waals surface area contributed by atoms with Gasteiger partial charge in [0, 0.05) is 32.2 Å². The maximum atomic E-state index is 13.6. The summed E-state index contributed by atoms with van der Waals surface area (Å²) in [5, 5.41) is 0. The van der Waals surface area contributed by atoms with Crippen molar-refractivity contribution in [3.63, 3.8) is 0 Å². The molecule has 2 aromatic rings. The number of hydrogen-bond acceptors (Lipinski definition) is 5. The van der Waals surface area contributed by atoms with Crippen molar-refractivity contribution in [2.45, 2.75) is 75.3 Å². The van der Waals surface area contributed by atoms with Gasteiger partial charge < -0.3 is 9.47 Å². The van der Waals surface area contributed by atoms with Crippen molar-refractivity contribution in [2.24, 2.45) is 9.98 Å². The molecule has 196 valence electrons. The third-order valence-corrected chi connectivity index (χ3v) is 9.11. The molecule has 2 aliphatic heterocycles. The lowest BCUT2D eigenvalue weighted by Gasteiger charge is -2.30. The molecule has 2 aromatic carbocycles. The molecule has 0 N–H and O–H groups in total. The van der Waals surface area contributed by atoms with E-state index in [0.717, 1.165) is 71.4 Å². The first-order valence-corrected chi connectivity index (χ1v) is 15.1. The summed E-state index contributed by atoms with van der Waals surface area (Å²) in [6.45, 7) is 0. The number of ether oxygens (including phenoxy) is 2. The first-order valence-electron chi connectivity index (χ1n) is 13.5. The highest BCUT2D eigenvalue weighted by Crippen LogP contribution is 2.45. The number of halogens is 2. The van der Waals surface area contributed by atoms with E-state index in [2.05, 4.69) is 31.9 Å². The van der Waals surface area contributed by atoms with Gasteiger partial charge in [0.05, 0.1) is 0 Å². The van der Waals surface area contributed by atoms with Gasteiger partial charge in [-0.2, -0.15) is 0 Å². The Kier molecular flexibility index (Phi) is 7.16. The Morgan fingerprint density at radius 1 is 0.632 bits per heavy atom. The van der Waals surface area contributed by atoms with E-state index in [1.165, 1.54) is 12.8 Å². The second kappa shape index (κ2) is 10.6. The molecule has 0 saturated heterocycles. The van der Waals surface area contributed by atoms with Crippen LogP contribution in [0.4, 0.5) is 0 Å². The van der Waals surface area contributed by atoms with Gasteiger partial charge in [-0.15, -0.1) is 0 Å². The second-order valence-electron chi connectivity index (χ2n) is 10.7. The highest BCUT2D eigenvalue weighted by molar-refractivity contribution is 9.10. The molecule has 0 unspecified atom stereocenters. The first kappa shape index (κ1) is 25.8. The zero-order chi connectivity index (χ0) is 26.2. The molecule has 2 saturated carbocycles. The number of hydrogen-bond donors (Lipinski definition) is 0. The quantitative estimate of drug-likeness (QED) is 0.318. The fourth-order valence-electron chi connectivity index (χ4n) is 5.99. The standard InChI is InChI=1S/C31H30Br2N2O3/c32-23-11-7-21(8-12-23)28-34-30(15-3-1-4-16-30)26(37-28)19-25(36)20-27-31(17-5-2-6-18-31)35-29(38-27)22-9-13-24(33)14-10-22/h7-14,19-20H,1-6,15-18H2/b26-19+,27-20+. The summed E-state index contributed by atoms with van der Waals surface area (Å²) in [6.07, 6.45) is 13.5. The summed E-state index contributed by atoms with van der Waals surface area (Å²) in [7, 11) is 0. The van der Waals surface area contributed by atoms with Crippen molar-refractivity contribution in [1.29, 1.82) is 0 Å². The number of nitrogens with zero attached hydrogens (tertiary/aromatic N) is 2. The molecule has 2 fully saturated rings. The largest absolute Gasteiger partial charge is 0.440 e. The van der Waals surface area contributed by atoms with Crippen LogP contribution < -0.4 is 0 Å². The van der Waals surface area contributed by atoms with Crippen LogP contribution in [0.15, 0.2) is 91.1 Å². The van der Waals surface area contributed by atoms with Gasteiger partial charge in [-0.3, -0.25) is 4.79 Å². The van der Waals surface area contributed by atoms with Crippen molar-refractivity contribution in [3.8, 4) is 0 Å². The number of benzene rings is 2. The number of carbonyl (C=O) groups is 1. The van der Waals surface area contributed by atoms with Crippen molar-refractivity contribution >= 4 is 49.4 Å². The minimum atomic E-state index is -0.465. The molecule has 2 spiro atoms. The highest BCUT2D eigenvalue weighted by atomic mass is 79.9. The van der Waals surface area contributed by atoms with E-state index in [-0.39, 0.29) is 5.78 Å². The Labute approximate surface area is 240 Å². The summed E-state index contributed by atoms with van der Waals surface area (Å²) in [4.78, 5) is 23.7. The Morgan fingerprint density at radius 2 is 1.00 bits per heavy atom. The minimum absolute atomic E-state index is 0.135. The van der Waals surface area contributed by atoms with E-state index in [0.29, 0.717) is 23.3 Å². The molecule has 0 radical (unpaired) electrons. The van der Waals surface area contributed by atoms with E-state index < -0.39 is 11.1 Å². The van der Waals surface area contributed by atoms with E-state index in [1.807, 2.05) is 48.5 Å². The van der Waals surface area contributed by atoms with Crippen LogP contribution in [0.5, 0.6) is 0 Å². The maximum absolute atomic E-state index is 13.6. The summed E-state index contributed by atoms with van der Waals surface area (Å²) >= 11 is 6.99. The van der Waals surface area contributed by atoms with Crippen LogP contribution in [0, 0.1) is 0 Å². The summed E-state index contributed by atoms with van der Waals surface area (Å²) in [5.74, 6) is 2.36. The Bertz CT molecular complexity index is 1240. The number of aliphatic imine (C=N–C) groups is 2. The summed E-state index contributed by atoms with van der Waals surface area (Å²) < 4.78 is 14.7. The van der Waals surface area contributed by atoms with Gasteiger partial charge in [0.1, 0.15) is 22.6 Å². The molecule has 2 heterocycles. The van der Waals surface area contributed by atoms with Crippen molar-refractivity contribution in [3.05, 3.63) is 92.3 Å². The lowest BCUT2D eigenvalue weighted by molar-refractivity contribution is -0.110. The fraction of sp³-hybridized carbons (Fsp3) is 0.387. The third kappa shape index (κ3) is 5.07. The van der Waals surface area contributed by atoms with Crippen LogP contribution in [-0.4, -0.2) is 28.7 Å². The Morgan fingerprint density at radius 3 is 1.37 bits per heavy atom. The van der Waals surface area contributed by atoms with Gasteiger partial charge in [-0.25, -0.2) is 9.98 Å². The van der Waals surface area contributed by atoms with Crippen molar-refractivity contribution in [2.75, 3.05) is 0 Å². The average molecular weight is 638 g/mol. The van der Waals surface area contributed by atoms with Gasteiger partial charge in [0.2, 0.25) is 11.8 Å². The molecule has 0 aromatic heterocycles. The zero-order valence-electron chi connectivity index (χ0n) is 21.2. The molecular formula is C31H30Br2N2O3. The average Bonchev–Trinajstić information content (AvgIpc) is 3.43. The van der Waals surface area contributed by atoms with E-state index in [4.69, 9.17) is 19.5 Å². The Balaban J connectivity index is 1.30. The van der Waals surface area contributed by atoms with Crippen LogP contribution in [0.2, 0.25) is 0 Å². The highest BCUT2D eigenvalue weighted by Gasteiger charge is 2.45. The van der Waals surface area contributed by atoms with E-state index in [9.17, 15) is 4.79 Å². The molecule has 6 rings (SSSR count). The molecule has 0 amide bonds. The van der Waals surface area contributed by atoms with Gasteiger partial charge in [-0.1, -0.05) is 70.4 Å². The number of carbonyl (C=O) groups excluding carboxylic acids is 1. The molecule has 38 heavy (non-hydrogen) atoms. The lowest BCUT2D eigenvalue weighted by atomic mass is 9.80. The molecule has 7 heteroatoms. The molecule has 4 aliphatic rings. The zero-order valence-corrected chi connectivity index (χ0v) is 24.4. The number of ketones is 1. The second-order valence-corrected chi connectivity index (χ2v) is 12.5. The Hall–Kier alpha value is -2.51. The fourth-order valence-corrected chi connectivity index (χ4v) is 6.52. The normalized spacial score (nSPS) is 23.8. The molecule has 5 nitrogen and oxygen atoms in total. The molecule has 0 atom stereocenters. The van der Waals surface area contributed by atoms with E-state index in [1.54, 1.807) is 12.2 Å². The van der Waals surface area contributed by atoms with E-state index >= 15 is 0 Å². The molecule has 0 bridgehead atoms. The van der Waals surface area contributed by atoms with Crippen LogP contribution in [0.25, 0.3) is 0 Å². The topological polar surface area (TPSA) is 60.2 Å². The van der Waals surface area contributed by atoms with Gasteiger partial charge in [0.25, 0.3) is 0 Å². The van der Waals surface area contributed by atoms with Gasteiger partial charge in [-0.05, 0) is 74.2 Å². The molecular weight excluding hydrogens is 608 g/mol. The first-order chi connectivity index (χ1) is 18.4. The molecule has 2 aliphatic carbocycles. The predicted octanol–water partition coefficient (Wildman–Crippen LogP) is 8.21. The lowest BCUT2D eigenvalue weighted by Crippen LogP contribution is -2.30. The van der Waals surface area contributed by atoms with Crippen LogP contribution >= 0.6 is 31.9 Å².